The highest BCUT2D eigenvalue weighted by atomic mass is 32.1. The highest BCUT2D eigenvalue weighted by molar-refractivity contribution is 7.22. The Morgan fingerprint density at radius 2 is 2.03 bits per heavy atom. The summed E-state index contributed by atoms with van der Waals surface area (Å²) in [6.07, 6.45) is 3.31. The number of hydrogen-bond acceptors (Lipinski definition) is 8. The zero-order chi connectivity index (χ0) is 20.4. The molecule has 0 saturated heterocycles. The summed E-state index contributed by atoms with van der Waals surface area (Å²) in [5.41, 5.74) is 1.72. The lowest BCUT2D eigenvalue weighted by atomic mass is 10.2. The fraction of sp³-hybridized carbons (Fsp3) is 0.263. The molecule has 3 heterocycles. The zero-order valence-electron chi connectivity index (χ0n) is 15.9. The lowest BCUT2D eigenvalue weighted by Gasteiger charge is -2.17. The number of thiazole rings is 1. The highest BCUT2D eigenvalue weighted by Gasteiger charge is 2.22. The third kappa shape index (κ3) is 3.54. The van der Waals surface area contributed by atoms with Gasteiger partial charge in [-0.15, -0.1) is 0 Å². The van der Waals surface area contributed by atoms with E-state index in [4.69, 9.17) is 4.74 Å². The Kier molecular flexibility index (Phi) is 5.17. The molecule has 1 aromatic carbocycles. The smallest absolute Gasteiger partial charge is 0.342 e. The molecule has 0 aliphatic heterocycles. The first-order valence-corrected chi connectivity index (χ1v) is 9.94. The Balaban J connectivity index is 1.50. The molecule has 0 unspecified atom stereocenters. The molecule has 10 heteroatoms. The maximum Gasteiger partial charge on any atom is 0.342 e. The quantitative estimate of drug-likeness (QED) is 0.450. The molecule has 0 fully saturated rings. The van der Waals surface area contributed by atoms with Crippen LogP contribution >= 0.6 is 11.3 Å². The van der Waals surface area contributed by atoms with Crippen LogP contribution in [0.3, 0.4) is 0 Å². The molecule has 148 valence electrons. The Morgan fingerprint density at radius 1 is 1.21 bits per heavy atom. The van der Waals surface area contributed by atoms with Gasteiger partial charge in [0.15, 0.2) is 11.7 Å². The molecule has 1 amide bonds. The maximum absolute atomic E-state index is 12.7. The van der Waals surface area contributed by atoms with E-state index in [2.05, 4.69) is 20.1 Å². The molecule has 9 nitrogen and oxygen atoms in total. The lowest BCUT2D eigenvalue weighted by molar-refractivity contribution is -0.121. The number of fused-ring (bicyclic) bond motifs is 2. The molecule has 0 atom stereocenters. The topological polar surface area (TPSA) is 103 Å². The van der Waals surface area contributed by atoms with E-state index >= 15 is 0 Å². The number of carbonyl (C=O) groups excluding carboxylic acids is 2. The largest absolute Gasteiger partial charge is 0.452 e. The number of amides is 1. The van der Waals surface area contributed by atoms with Gasteiger partial charge in [0, 0.05) is 12.7 Å². The monoisotopic (exact) mass is 410 g/mol. The predicted molar refractivity (Wildman–Crippen MR) is 108 cm³/mol. The normalized spacial score (nSPS) is 11.1. The van der Waals surface area contributed by atoms with Crippen molar-refractivity contribution in [2.75, 3.05) is 18.1 Å². The number of ether oxygens (including phenoxy) is 1. The fourth-order valence-corrected chi connectivity index (χ4v) is 4.06. The average molecular weight is 410 g/mol. The van der Waals surface area contributed by atoms with Crippen LogP contribution in [0.1, 0.15) is 29.9 Å². The number of hydrogen-bond donors (Lipinski definition) is 0. The SMILES string of the molecule is CCc1c(C(=O)OCC(=O)N(CC)c2nc3ccccc3s2)cnc2ncnn12. The van der Waals surface area contributed by atoms with Crippen molar-refractivity contribution < 1.29 is 14.3 Å². The second kappa shape index (κ2) is 7.92. The van der Waals surface area contributed by atoms with E-state index in [1.165, 1.54) is 33.3 Å². The molecule has 4 rings (SSSR count). The van der Waals surface area contributed by atoms with E-state index in [9.17, 15) is 9.59 Å². The summed E-state index contributed by atoms with van der Waals surface area (Å²) in [7, 11) is 0. The predicted octanol–water partition coefficient (Wildman–Crippen LogP) is 2.51. The van der Waals surface area contributed by atoms with Crippen LogP contribution in [0.5, 0.6) is 0 Å². The molecule has 29 heavy (non-hydrogen) atoms. The first kappa shape index (κ1) is 18.9. The first-order valence-electron chi connectivity index (χ1n) is 9.13. The van der Waals surface area contributed by atoms with Gasteiger partial charge in [-0.3, -0.25) is 9.69 Å². The van der Waals surface area contributed by atoms with Gasteiger partial charge in [-0.2, -0.15) is 10.1 Å². The van der Waals surface area contributed by atoms with E-state index in [0.717, 1.165) is 10.2 Å². The molecule has 4 aromatic rings. The van der Waals surface area contributed by atoms with Gasteiger partial charge in [0.25, 0.3) is 11.7 Å². The van der Waals surface area contributed by atoms with Crippen molar-refractivity contribution in [1.82, 2.24) is 24.6 Å². The summed E-state index contributed by atoms with van der Waals surface area (Å²) in [6, 6.07) is 7.67. The van der Waals surface area contributed by atoms with Crippen LogP contribution in [-0.4, -0.2) is 49.6 Å². The van der Waals surface area contributed by atoms with Crippen molar-refractivity contribution >= 4 is 44.3 Å². The fourth-order valence-electron chi connectivity index (χ4n) is 3.01. The molecule has 0 radical (unpaired) electrons. The van der Waals surface area contributed by atoms with Gasteiger partial charge >= 0.3 is 5.97 Å². The van der Waals surface area contributed by atoms with Crippen LogP contribution in [0.25, 0.3) is 16.0 Å². The number of aryl methyl sites for hydroxylation is 1. The molecule has 0 bridgehead atoms. The second-order valence-electron chi connectivity index (χ2n) is 6.12. The number of likely N-dealkylation sites (N-methyl/N-ethyl adjacent to an activating group) is 1. The molecule has 0 aliphatic rings. The van der Waals surface area contributed by atoms with Crippen LogP contribution in [0, 0.1) is 0 Å². The molecule has 0 spiro atoms. The summed E-state index contributed by atoms with van der Waals surface area (Å²) < 4.78 is 7.77. The van der Waals surface area contributed by atoms with Crippen LogP contribution in [0.2, 0.25) is 0 Å². The van der Waals surface area contributed by atoms with E-state index in [-0.39, 0.29) is 18.1 Å². The number of esters is 1. The third-order valence-electron chi connectivity index (χ3n) is 4.42. The van der Waals surface area contributed by atoms with Crippen LogP contribution in [-0.2, 0) is 16.0 Å². The summed E-state index contributed by atoms with van der Waals surface area (Å²) in [5.74, 6) is -0.560. The van der Waals surface area contributed by atoms with E-state index in [1.807, 2.05) is 38.1 Å². The van der Waals surface area contributed by atoms with Gasteiger partial charge in [0.1, 0.15) is 6.33 Å². The zero-order valence-corrected chi connectivity index (χ0v) is 16.7. The van der Waals surface area contributed by atoms with Crippen LogP contribution in [0.15, 0.2) is 36.8 Å². The van der Waals surface area contributed by atoms with Gasteiger partial charge in [0.05, 0.1) is 21.5 Å². The molecule has 0 aliphatic carbocycles. The van der Waals surface area contributed by atoms with Crippen molar-refractivity contribution in [3.63, 3.8) is 0 Å². The Bertz CT molecular complexity index is 1170. The Labute approximate surface area is 170 Å². The number of rotatable bonds is 6. The number of nitrogens with zero attached hydrogens (tertiary/aromatic N) is 6. The number of aromatic nitrogens is 5. The van der Waals surface area contributed by atoms with Crippen molar-refractivity contribution in [2.24, 2.45) is 0 Å². The summed E-state index contributed by atoms with van der Waals surface area (Å²) >= 11 is 1.42. The summed E-state index contributed by atoms with van der Waals surface area (Å²) in [6.45, 7) is 3.78. The molecule has 0 saturated carbocycles. The van der Waals surface area contributed by atoms with Gasteiger partial charge < -0.3 is 4.74 Å². The Hall–Kier alpha value is -3.40. The van der Waals surface area contributed by atoms with E-state index < -0.39 is 5.97 Å². The second-order valence-corrected chi connectivity index (χ2v) is 7.13. The molecular formula is C19H18N6O3S. The minimum Gasteiger partial charge on any atom is -0.452 e. The average Bonchev–Trinajstić information content (AvgIpc) is 3.38. The van der Waals surface area contributed by atoms with Gasteiger partial charge in [0.2, 0.25) is 0 Å². The third-order valence-corrected chi connectivity index (χ3v) is 5.48. The minimum atomic E-state index is -0.625. The lowest BCUT2D eigenvalue weighted by Crippen LogP contribution is -2.34. The molecule has 0 N–H and O–H groups in total. The standard InChI is InChI=1S/C19H18N6O3S/c1-3-14-12(9-20-18-21-11-22-25(14)18)17(27)28-10-16(26)24(4-2)19-23-13-7-5-6-8-15(13)29-19/h5-9,11H,3-4,10H2,1-2H3. The minimum absolute atomic E-state index is 0.265. The highest BCUT2D eigenvalue weighted by Crippen LogP contribution is 2.28. The molecular weight excluding hydrogens is 392 g/mol. The van der Waals surface area contributed by atoms with Gasteiger partial charge in [-0.1, -0.05) is 30.4 Å². The van der Waals surface area contributed by atoms with Crippen molar-refractivity contribution in [3.8, 4) is 0 Å². The van der Waals surface area contributed by atoms with E-state index in [0.29, 0.717) is 29.6 Å². The van der Waals surface area contributed by atoms with Crippen molar-refractivity contribution in [3.05, 3.63) is 48.0 Å². The van der Waals surface area contributed by atoms with Crippen LogP contribution < -0.4 is 4.90 Å². The summed E-state index contributed by atoms with van der Waals surface area (Å²) in [5, 5.41) is 4.66. The van der Waals surface area contributed by atoms with Crippen molar-refractivity contribution in [1.29, 1.82) is 0 Å². The van der Waals surface area contributed by atoms with E-state index in [1.54, 1.807) is 0 Å². The number of carbonyl (C=O) groups is 2. The van der Waals surface area contributed by atoms with Gasteiger partial charge in [-0.25, -0.2) is 19.3 Å². The van der Waals surface area contributed by atoms with Crippen LogP contribution in [0.4, 0.5) is 5.13 Å². The Morgan fingerprint density at radius 3 is 2.79 bits per heavy atom. The number of anilines is 1. The maximum atomic E-state index is 12.7. The van der Waals surface area contributed by atoms with Gasteiger partial charge in [-0.05, 0) is 25.5 Å². The first-order chi connectivity index (χ1) is 14.1. The molecule has 3 aromatic heterocycles. The van der Waals surface area contributed by atoms with Crippen molar-refractivity contribution in [2.45, 2.75) is 20.3 Å². The number of benzene rings is 1. The number of para-hydroxylation sites is 1. The summed E-state index contributed by atoms with van der Waals surface area (Å²) in [4.78, 5) is 39.4.